The molecule has 0 amide bonds. The van der Waals surface area contributed by atoms with Crippen LogP contribution in [0, 0.1) is 23.7 Å². The Labute approximate surface area is 114 Å². The van der Waals surface area contributed by atoms with E-state index in [1.165, 1.54) is 19.3 Å². The van der Waals surface area contributed by atoms with Crippen molar-refractivity contribution in [2.24, 2.45) is 23.7 Å². The SMILES string of the molecule is CC(C)C1CCCOC1.COCCC(C)C(C)C. The lowest BCUT2D eigenvalue weighted by Gasteiger charge is -2.24. The van der Waals surface area contributed by atoms with E-state index in [-0.39, 0.29) is 0 Å². The van der Waals surface area contributed by atoms with Crippen molar-refractivity contribution in [3.8, 4) is 0 Å². The highest BCUT2D eigenvalue weighted by atomic mass is 16.5. The van der Waals surface area contributed by atoms with Crippen molar-refractivity contribution < 1.29 is 9.47 Å². The predicted octanol–water partition coefficient (Wildman–Crippen LogP) is 4.38. The first kappa shape index (κ1) is 17.9. The summed E-state index contributed by atoms with van der Waals surface area (Å²) in [6.45, 7) is 14.2. The summed E-state index contributed by atoms with van der Waals surface area (Å²) < 4.78 is 10.3. The molecule has 2 nitrogen and oxygen atoms in total. The van der Waals surface area contributed by atoms with Crippen molar-refractivity contribution in [1.29, 1.82) is 0 Å². The van der Waals surface area contributed by atoms with Crippen molar-refractivity contribution in [2.75, 3.05) is 26.9 Å². The quantitative estimate of drug-likeness (QED) is 0.728. The van der Waals surface area contributed by atoms with E-state index in [0.717, 1.165) is 43.5 Å². The average Bonchev–Trinajstić information content (AvgIpc) is 2.37. The highest BCUT2D eigenvalue weighted by molar-refractivity contribution is 4.65. The molecule has 1 fully saturated rings. The maximum atomic E-state index is 5.34. The Balaban J connectivity index is 0.000000321. The van der Waals surface area contributed by atoms with Crippen molar-refractivity contribution in [3.63, 3.8) is 0 Å². The lowest BCUT2D eigenvalue weighted by Crippen LogP contribution is -2.21. The molecule has 0 radical (unpaired) electrons. The normalized spacial score (nSPS) is 21.7. The molecule has 110 valence electrons. The van der Waals surface area contributed by atoms with Crippen molar-refractivity contribution >= 4 is 0 Å². The molecule has 0 spiro atoms. The second-order valence-electron chi connectivity index (χ2n) is 6.22. The third kappa shape index (κ3) is 8.93. The zero-order valence-corrected chi connectivity index (χ0v) is 13.4. The fourth-order valence-electron chi connectivity index (χ4n) is 1.93. The van der Waals surface area contributed by atoms with Crippen LogP contribution in [0.1, 0.15) is 53.9 Å². The summed E-state index contributed by atoms with van der Waals surface area (Å²) in [5.74, 6) is 3.23. The molecule has 0 aromatic heterocycles. The van der Waals surface area contributed by atoms with Crippen LogP contribution in [0.25, 0.3) is 0 Å². The third-order valence-electron chi connectivity index (χ3n) is 4.05. The molecule has 18 heavy (non-hydrogen) atoms. The number of methoxy groups -OCH3 is 1. The molecule has 1 rings (SSSR count). The van der Waals surface area contributed by atoms with Crippen molar-refractivity contribution in [2.45, 2.75) is 53.9 Å². The first-order valence-corrected chi connectivity index (χ1v) is 7.55. The fraction of sp³-hybridized carbons (Fsp3) is 1.00. The molecule has 0 bridgehead atoms. The van der Waals surface area contributed by atoms with E-state index in [2.05, 4.69) is 34.6 Å². The van der Waals surface area contributed by atoms with Gasteiger partial charge in [-0.3, -0.25) is 0 Å². The van der Waals surface area contributed by atoms with Gasteiger partial charge in [0.15, 0.2) is 0 Å². The highest BCUT2D eigenvalue weighted by Crippen LogP contribution is 2.20. The van der Waals surface area contributed by atoms with Crippen LogP contribution in [0.3, 0.4) is 0 Å². The van der Waals surface area contributed by atoms with Crippen LogP contribution in [0.15, 0.2) is 0 Å². The molecule has 1 heterocycles. The Hall–Kier alpha value is -0.0800. The molecular formula is C16H34O2. The molecule has 1 saturated heterocycles. The standard InChI is InChI=1S/C8H16O.C8H18O/c1-7(2)8-4-3-5-9-6-8;1-7(2)8(3)5-6-9-4/h7-8H,3-6H2,1-2H3;7-8H,5-6H2,1-4H3. The summed E-state index contributed by atoms with van der Waals surface area (Å²) in [6.07, 6.45) is 3.83. The van der Waals surface area contributed by atoms with Crippen LogP contribution >= 0.6 is 0 Å². The Kier molecular flexibility index (Phi) is 10.8. The molecule has 0 aliphatic carbocycles. The maximum Gasteiger partial charge on any atom is 0.0496 e. The summed E-state index contributed by atoms with van der Waals surface area (Å²) in [6, 6.07) is 0. The van der Waals surface area contributed by atoms with Crippen LogP contribution in [0.2, 0.25) is 0 Å². The van der Waals surface area contributed by atoms with Gasteiger partial charge in [-0.1, -0.05) is 34.6 Å². The molecule has 1 aliphatic rings. The molecule has 0 saturated carbocycles. The lowest BCUT2D eigenvalue weighted by atomic mass is 9.91. The summed E-state index contributed by atoms with van der Waals surface area (Å²) in [5.41, 5.74) is 0. The average molecular weight is 258 g/mol. The van der Waals surface area contributed by atoms with Gasteiger partial charge >= 0.3 is 0 Å². The van der Waals surface area contributed by atoms with Crippen molar-refractivity contribution in [1.82, 2.24) is 0 Å². The largest absolute Gasteiger partial charge is 0.385 e. The fourth-order valence-corrected chi connectivity index (χ4v) is 1.93. The summed E-state index contributed by atoms with van der Waals surface area (Å²) in [5, 5.41) is 0. The van der Waals surface area contributed by atoms with Crippen molar-refractivity contribution in [3.05, 3.63) is 0 Å². The number of ether oxygens (including phenoxy) is 2. The summed E-state index contributed by atoms with van der Waals surface area (Å²) in [7, 11) is 1.76. The predicted molar refractivity (Wildman–Crippen MR) is 78.9 cm³/mol. The Morgan fingerprint density at radius 3 is 2.17 bits per heavy atom. The zero-order valence-electron chi connectivity index (χ0n) is 13.4. The van der Waals surface area contributed by atoms with E-state index in [1.807, 2.05) is 0 Å². The lowest BCUT2D eigenvalue weighted by molar-refractivity contribution is 0.0373. The first-order chi connectivity index (χ1) is 8.49. The van der Waals surface area contributed by atoms with Gasteiger partial charge in [0.25, 0.3) is 0 Å². The summed E-state index contributed by atoms with van der Waals surface area (Å²) >= 11 is 0. The van der Waals surface area contributed by atoms with Gasteiger partial charge in [-0.15, -0.1) is 0 Å². The molecule has 2 atom stereocenters. The minimum atomic E-state index is 0.792. The van der Waals surface area contributed by atoms with Crippen LogP contribution < -0.4 is 0 Å². The molecule has 0 aromatic rings. The summed E-state index contributed by atoms with van der Waals surface area (Å²) in [4.78, 5) is 0. The van der Waals surface area contributed by atoms with Crippen LogP contribution in [0.4, 0.5) is 0 Å². The van der Waals surface area contributed by atoms with E-state index >= 15 is 0 Å². The molecule has 1 aliphatic heterocycles. The van der Waals surface area contributed by atoms with Gasteiger partial charge in [0.2, 0.25) is 0 Å². The van der Waals surface area contributed by atoms with E-state index in [9.17, 15) is 0 Å². The molecule has 2 heteroatoms. The van der Waals surface area contributed by atoms with E-state index < -0.39 is 0 Å². The molecule has 0 N–H and O–H groups in total. The van der Waals surface area contributed by atoms with Gasteiger partial charge < -0.3 is 9.47 Å². The topological polar surface area (TPSA) is 18.5 Å². The van der Waals surface area contributed by atoms with E-state index in [1.54, 1.807) is 7.11 Å². The zero-order chi connectivity index (χ0) is 14.0. The molecule has 2 unspecified atom stereocenters. The Morgan fingerprint density at radius 1 is 1.17 bits per heavy atom. The van der Waals surface area contributed by atoms with Gasteiger partial charge in [0, 0.05) is 26.9 Å². The van der Waals surface area contributed by atoms with Gasteiger partial charge in [-0.2, -0.15) is 0 Å². The number of hydrogen-bond acceptors (Lipinski definition) is 2. The van der Waals surface area contributed by atoms with E-state index in [0.29, 0.717) is 0 Å². The number of hydrogen-bond donors (Lipinski definition) is 0. The second kappa shape index (κ2) is 10.8. The Bertz CT molecular complexity index is 172. The third-order valence-corrected chi connectivity index (χ3v) is 4.05. The molecular weight excluding hydrogens is 224 g/mol. The monoisotopic (exact) mass is 258 g/mol. The number of rotatable bonds is 5. The van der Waals surface area contributed by atoms with Crippen LogP contribution in [-0.4, -0.2) is 26.9 Å². The van der Waals surface area contributed by atoms with Gasteiger partial charge in [-0.25, -0.2) is 0 Å². The first-order valence-electron chi connectivity index (χ1n) is 7.55. The smallest absolute Gasteiger partial charge is 0.0496 e. The maximum absolute atomic E-state index is 5.34. The minimum absolute atomic E-state index is 0.792. The Morgan fingerprint density at radius 2 is 1.83 bits per heavy atom. The van der Waals surface area contributed by atoms with Gasteiger partial charge in [0.1, 0.15) is 0 Å². The van der Waals surface area contributed by atoms with Gasteiger partial charge in [0.05, 0.1) is 0 Å². The molecule has 0 aromatic carbocycles. The second-order valence-corrected chi connectivity index (χ2v) is 6.22. The minimum Gasteiger partial charge on any atom is -0.385 e. The van der Waals surface area contributed by atoms with Gasteiger partial charge in [-0.05, 0) is 42.9 Å². The highest BCUT2D eigenvalue weighted by Gasteiger charge is 2.16. The van der Waals surface area contributed by atoms with Crippen LogP contribution in [0.5, 0.6) is 0 Å². The van der Waals surface area contributed by atoms with Crippen LogP contribution in [-0.2, 0) is 9.47 Å². The van der Waals surface area contributed by atoms with E-state index in [4.69, 9.17) is 9.47 Å².